The van der Waals surface area contributed by atoms with Gasteiger partial charge in [-0.2, -0.15) is 5.26 Å². The lowest BCUT2D eigenvalue weighted by atomic mass is 9.95. The number of carboxylic acids is 1. The highest BCUT2D eigenvalue weighted by atomic mass is 16.4. The fourth-order valence-corrected chi connectivity index (χ4v) is 3.02. The summed E-state index contributed by atoms with van der Waals surface area (Å²) in [6.45, 7) is 2.92. The van der Waals surface area contributed by atoms with Crippen LogP contribution in [0.2, 0.25) is 0 Å². The quantitative estimate of drug-likeness (QED) is 0.914. The van der Waals surface area contributed by atoms with E-state index in [9.17, 15) is 10.1 Å². The molecule has 0 radical (unpaired) electrons. The number of anilines is 1. The van der Waals surface area contributed by atoms with Gasteiger partial charge in [0.1, 0.15) is 6.07 Å². The summed E-state index contributed by atoms with van der Waals surface area (Å²) >= 11 is 0. The standard InChI is InChI=1S/C16H20N2O2/c1-12-5-4-6-13(11-17)16(12)18-10-3-2-7-14(18)8-9-15(19)20/h4-6,14H,2-3,7-10H2,1H3,(H,19,20). The third-order valence-corrected chi connectivity index (χ3v) is 3.96. The number of nitrogens with zero attached hydrogens (tertiary/aromatic N) is 2. The van der Waals surface area contributed by atoms with Crippen LogP contribution in [0.3, 0.4) is 0 Å². The van der Waals surface area contributed by atoms with Crippen molar-refractivity contribution in [2.45, 2.75) is 45.1 Å². The molecule has 1 aliphatic rings. The van der Waals surface area contributed by atoms with Crippen LogP contribution in [0.4, 0.5) is 5.69 Å². The Morgan fingerprint density at radius 1 is 1.50 bits per heavy atom. The Hall–Kier alpha value is -2.02. The molecule has 1 saturated heterocycles. The van der Waals surface area contributed by atoms with Crippen molar-refractivity contribution in [1.82, 2.24) is 0 Å². The predicted molar refractivity (Wildman–Crippen MR) is 77.7 cm³/mol. The first-order chi connectivity index (χ1) is 9.63. The molecule has 1 heterocycles. The smallest absolute Gasteiger partial charge is 0.303 e. The Morgan fingerprint density at radius 2 is 2.30 bits per heavy atom. The Morgan fingerprint density at radius 3 is 3.00 bits per heavy atom. The van der Waals surface area contributed by atoms with E-state index < -0.39 is 5.97 Å². The number of nitriles is 1. The summed E-state index contributed by atoms with van der Waals surface area (Å²) in [6, 6.07) is 8.24. The van der Waals surface area contributed by atoms with Crippen LogP contribution >= 0.6 is 0 Å². The van der Waals surface area contributed by atoms with Crippen molar-refractivity contribution in [2.75, 3.05) is 11.4 Å². The number of para-hydroxylation sites is 1. The molecule has 0 aromatic heterocycles. The third kappa shape index (κ3) is 3.11. The summed E-state index contributed by atoms with van der Waals surface area (Å²) in [5, 5.41) is 18.2. The van der Waals surface area contributed by atoms with Gasteiger partial charge in [0.2, 0.25) is 0 Å². The second-order valence-electron chi connectivity index (χ2n) is 5.36. The number of benzene rings is 1. The predicted octanol–water partition coefficient (Wildman–Crippen LogP) is 3.09. The second-order valence-corrected chi connectivity index (χ2v) is 5.36. The van der Waals surface area contributed by atoms with Crippen molar-refractivity contribution < 1.29 is 9.90 Å². The molecule has 0 aliphatic carbocycles. The molecule has 106 valence electrons. The van der Waals surface area contributed by atoms with E-state index >= 15 is 0 Å². The van der Waals surface area contributed by atoms with Crippen molar-refractivity contribution in [3.05, 3.63) is 29.3 Å². The van der Waals surface area contributed by atoms with Gasteiger partial charge in [-0.3, -0.25) is 4.79 Å². The Bertz CT molecular complexity index is 534. The van der Waals surface area contributed by atoms with E-state index in [4.69, 9.17) is 5.11 Å². The molecule has 1 aromatic carbocycles. The van der Waals surface area contributed by atoms with Crippen LogP contribution in [0, 0.1) is 18.3 Å². The number of rotatable bonds is 4. The van der Waals surface area contributed by atoms with E-state index in [0.717, 1.165) is 37.1 Å². The van der Waals surface area contributed by atoms with Gasteiger partial charge in [-0.05, 0) is 44.2 Å². The van der Waals surface area contributed by atoms with Crippen LogP contribution < -0.4 is 4.90 Å². The van der Waals surface area contributed by atoms with E-state index in [1.807, 2.05) is 25.1 Å². The summed E-state index contributed by atoms with van der Waals surface area (Å²) < 4.78 is 0. The molecule has 2 rings (SSSR count). The van der Waals surface area contributed by atoms with Crippen molar-refractivity contribution in [2.24, 2.45) is 0 Å². The van der Waals surface area contributed by atoms with E-state index in [0.29, 0.717) is 12.0 Å². The van der Waals surface area contributed by atoms with Crippen LogP contribution in [-0.4, -0.2) is 23.7 Å². The van der Waals surface area contributed by atoms with Gasteiger partial charge < -0.3 is 10.0 Å². The van der Waals surface area contributed by atoms with E-state index in [2.05, 4.69) is 11.0 Å². The average molecular weight is 272 g/mol. The molecule has 1 N–H and O–H groups in total. The van der Waals surface area contributed by atoms with Gasteiger partial charge in [0, 0.05) is 19.0 Å². The molecule has 0 saturated carbocycles. The summed E-state index contributed by atoms with van der Waals surface area (Å²) in [4.78, 5) is 13.1. The van der Waals surface area contributed by atoms with E-state index in [-0.39, 0.29) is 12.5 Å². The second kappa shape index (κ2) is 6.42. The first-order valence-corrected chi connectivity index (χ1v) is 7.11. The van der Waals surface area contributed by atoms with Crippen molar-refractivity contribution >= 4 is 11.7 Å². The zero-order chi connectivity index (χ0) is 14.5. The van der Waals surface area contributed by atoms with Gasteiger partial charge in [-0.15, -0.1) is 0 Å². The number of aliphatic carboxylic acids is 1. The zero-order valence-electron chi connectivity index (χ0n) is 11.8. The number of piperidine rings is 1. The van der Waals surface area contributed by atoms with Crippen molar-refractivity contribution in [3.8, 4) is 6.07 Å². The third-order valence-electron chi connectivity index (χ3n) is 3.96. The zero-order valence-corrected chi connectivity index (χ0v) is 11.8. The average Bonchev–Trinajstić information content (AvgIpc) is 2.45. The van der Waals surface area contributed by atoms with Gasteiger partial charge in [0.25, 0.3) is 0 Å². The maximum atomic E-state index is 10.8. The normalized spacial score (nSPS) is 18.6. The minimum Gasteiger partial charge on any atom is -0.481 e. The molecule has 1 unspecified atom stereocenters. The SMILES string of the molecule is Cc1cccc(C#N)c1N1CCCCC1CCC(=O)O. The van der Waals surface area contributed by atoms with E-state index in [1.165, 1.54) is 0 Å². The van der Waals surface area contributed by atoms with E-state index in [1.54, 1.807) is 0 Å². The fourth-order valence-electron chi connectivity index (χ4n) is 3.02. The van der Waals surface area contributed by atoms with Crippen LogP contribution in [0.25, 0.3) is 0 Å². The molecule has 1 aliphatic heterocycles. The number of carbonyl (C=O) groups is 1. The highest BCUT2D eigenvalue weighted by Gasteiger charge is 2.26. The number of hydrogen-bond donors (Lipinski definition) is 1. The van der Waals surface area contributed by atoms with Gasteiger partial charge in [-0.25, -0.2) is 0 Å². The number of hydrogen-bond acceptors (Lipinski definition) is 3. The largest absolute Gasteiger partial charge is 0.481 e. The minimum atomic E-state index is -0.749. The summed E-state index contributed by atoms with van der Waals surface area (Å²) in [5.41, 5.74) is 2.77. The van der Waals surface area contributed by atoms with Crippen molar-refractivity contribution in [1.29, 1.82) is 5.26 Å². The molecule has 4 heteroatoms. The molecule has 20 heavy (non-hydrogen) atoms. The molecule has 1 aromatic rings. The van der Waals surface area contributed by atoms with Crippen LogP contribution in [0.15, 0.2) is 18.2 Å². The first-order valence-electron chi connectivity index (χ1n) is 7.11. The maximum Gasteiger partial charge on any atom is 0.303 e. The molecular weight excluding hydrogens is 252 g/mol. The Balaban J connectivity index is 2.28. The van der Waals surface area contributed by atoms with Gasteiger partial charge >= 0.3 is 5.97 Å². The van der Waals surface area contributed by atoms with Crippen LogP contribution in [-0.2, 0) is 4.79 Å². The molecule has 1 fully saturated rings. The monoisotopic (exact) mass is 272 g/mol. The summed E-state index contributed by atoms with van der Waals surface area (Å²) in [7, 11) is 0. The molecule has 1 atom stereocenters. The van der Waals surface area contributed by atoms with Gasteiger partial charge in [0.05, 0.1) is 11.3 Å². The molecule has 0 amide bonds. The number of carboxylic acid groups (broad SMARTS) is 1. The van der Waals surface area contributed by atoms with Crippen molar-refractivity contribution in [3.63, 3.8) is 0 Å². The Labute approximate surface area is 119 Å². The Kier molecular flexibility index (Phi) is 4.62. The fraction of sp³-hybridized carbons (Fsp3) is 0.500. The van der Waals surface area contributed by atoms with Crippen LogP contribution in [0.1, 0.15) is 43.2 Å². The molecule has 4 nitrogen and oxygen atoms in total. The highest BCUT2D eigenvalue weighted by molar-refractivity contribution is 5.67. The molecule has 0 spiro atoms. The van der Waals surface area contributed by atoms with Crippen LogP contribution in [0.5, 0.6) is 0 Å². The summed E-state index contributed by atoms with van der Waals surface area (Å²) in [6.07, 6.45) is 4.08. The highest BCUT2D eigenvalue weighted by Crippen LogP contribution is 2.32. The topological polar surface area (TPSA) is 64.3 Å². The first kappa shape index (κ1) is 14.4. The van der Waals surface area contributed by atoms with Gasteiger partial charge in [0.15, 0.2) is 0 Å². The lowest BCUT2D eigenvalue weighted by molar-refractivity contribution is -0.137. The van der Waals surface area contributed by atoms with Gasteiger partial charge in [-0.1, -0.05) is 12.1 Å². The maximum absolute atomic E-state index is 10.8. The lowest BCUT2D eigenvalue weighted by Gasteiger charge is -2.38. The molecular formula is C16H20N2O2. The lowest BCUT2D eigenvalue weighted by Crippen LogP contribution is -2.40. The summed E-state index contributed by atoms with van der Waals surface area (Å²) in [5.74, 6) is -0.749. The number of aryl methyl sites for hydroxylation is 1. The minimum absolute atomic E-state index is 0.189. The molecule has 0 bridgehead atoms.